The van der Waals surface area contributed by atoms with Crippen molar-refractivity contribution in [2.45, 2.75) is 392 Å². The monoisotopic (exact) mass is 1110 g/mol. The molecule has 0 aromatic rings. The van der Waals surface area contributed by atoms with Gasteiger partial charge in [-0.05, 0) is 83.5 Å². The Morgan fingerprint density at radius 2 is 0.658 bits per heavy atom. The van der Waals surface area contributed by atoms with Crippen molar-refractivity contribution < 1.29 is 24.5 Å². The SMILES string of the molecule is CCC/C=C\C/C=C\CCCCCCCC(=O)OCCCCCCCCCCCCCC/C=C\CCCCCCCCCCCCCCCCCCC(=O)NC(CO)C(O)/C=C/CCCCCCCCCCCCCCCCC. The van der Waals surface area contributed by atoms with Crippen molar-refractivity contribution in [3.8, 4) is 0 Å². The van der Waals surface area contributed by atoms with Gasteiger partial charge < -0.3 is 20.3 Å². The fraction of sp³-hybridized carbons (Fsp3) is 0.863. The number of aliphatic hydroxyl groups excluding tert-OH is 2. The number of esters is 1. The zero-order valence-electron chi connectivity index (χ0n) is 53.1. The van der Waals surface area contributed by atoms with Gasteiger partial charge in [-0.25, -0.2) is 0 Å². The fourth-order valence-corrected chi connectivity index (χ4v) is 10.9. The van der Waals surface area contributed by atoms with Gasteiger partial charge in [0.25, 0.3) is 0 Å². The molecular formula is C73H137NO5. The second kappa shape index (κ2) is 68.3. The molecule has 1 amide bonds. The van der Waals surface area contributed by atoms with E-state index >= 15 is 0 Å². The van der Waals surface area contributed by atoms with Crippen LogP contribution in [0.2, 0.25) is 0 Å². The maximum absolute atomic E-state index is 12.5. The highest BCUT2D eigenvalue weighted by atomic mass is 16.5. The summed E-state index contributed by atoms with van der Waals surface area (Å²) >= 11 is 0. The van der Waals surface area contributed by atoms with Gasteiger partial charge in [0, 0.05) is 12.8 Å². The Morgan fingerprint density at radius 1 is 0.354 bits per heavy atom. The molecule has 79 heavy (non-hydrogen) atoms. The van der Waals surface area contributed by atoms with E-state index in [2.05, 4.69) is 55.6 Å². The molecule has 0 aromatic heterocycles. The quantitative estimate of drug-likeness (QED) is 0.0320. The van der Waals surface area contributed by atoms with Crippen LogP contribution in [0.4, 0.5) is 0 Å². The Kier molecular flexibility index (Phi) is 66.4. The van der Waals surface area contributed by atoms with E-state index in [0.29, 0.717) is 19.4 Å². The lowest BCUT2D eigenvalue weighted by Gasteiger charge is -2.20. The van der Waals surface area contributed by atoms with E-state index in [1.165, 1.54) is 302 Å². The molecule has 464 valence electrons. The average molecular weight is 1110 g/mol. The summed E-state index contributed by atoms with van der Waals surface area (Å²) < 4.78 is 5.47. The van der Waals surface area contributed by atoms with Crippen molar-refractivity contribution in [2.75, 3.05) is 13.2 Å². The second-order valence-corrected chi connectivity index (χ2v) is 24.2. The van der Waals surface area contributed by atoms with Crippen molar-refractivity contribution in [1.82, 2.24) is 5.32 Å². The fourth-order valence-electron chi connectivity index (χ4n) is 10.9. The summed E-state index contributed by atoms with van der Waals surface area (Å²) in [5.74, 6) is -0.0604. The van der Waals surface area contributed by atoms with Gasteiger partial charge >= 0.3 is 5.97 Å². The normalized spacial score (nSPS) is 12.8. The van der Waals surface area contributed by atoms with Gasteiger partial charge in [0.2, 0.25) is 5.91 Å². The summed E-state index contributed by atoms with van der Waals surface area (Å²) in [4.78, 5) is 24.5. The van der Waals surface area contributed by atoms with E-state index in [9.17, 15) is 19.8 Å². The zero-order chi connectivity index (χ0) is 57.1. The van der Waals surface area contributed by atoms with Crippen molar-refractivity contribution in [3.63, 3.8) is 0 Å². The summed E-state index contributed by atoms with van der Waals surface area (Å²) in [6.45, 7) is 4.86. The van der Waals surface area contributed by atoms with E-state index in [4.69, 9.17) is 4.74 Å². The number of carbonyl (C=O) groups excluding carboxylic acids is 2. The lowest BCUT2D eigenvalue weighted by Crippen LogP contribution is -2.45. The highest BCUT2D eigenvalue weighted by Crippen LogP contribution is 2.18. The summed E-state index contributed by atoms with van der Waals surface area (Å²) in [5, 5.41) is 23.2. The van der Waals surface area contributed by atoms with Crippen LogP contribution in [0, 0.1) is 0 Å². The molecule has 6 heteroatoms. The first-order chi connectivity index (χ1) is 39.0. The number of amides is 1. The van der Waals surface area contributed by atoms with Gasteiger partial charge in [-0.1, -0.05) is 332 Å². The maximum Gasteiger partial charge on any atom is 0.305 e. The Morgan fingerprint density at radius 3 is 1.03 bits per heavy atom. The Balaban J connectivity index is 3.38. The van der Waals surface area contributed by atoms with E-state index < -0.39 is 12.1 Å². The standard InChI is InChI=1S/C73H137NO5/c1-3-5-7-9-11-13-15-17-18-35-38-42-45-49-53-57-61-65-71(76)70(69-75)74-72(77)66-62-58-54-50-46-43-39-36-33-31-29-27-25-23-21-19-20-22-24-26-28-30-32-34-37-40-44-48-52-56-60-64-68-79-73(78)67-63-59-55-51-47-41-16-14-12-10-8-6-4-2/h8,10,14,16,22,24,61,65,70-71,75-76H,3-7,9,11-13,15,17-21,23,25-60,62-64,66-69H2,1-2H3,(H,74,77)/b10-8-,16-14-,24-22-,65-61+. The molecule has 0 bridgehead atoms. The Hall–Kier alpha value is -2.18. The number of unbranched alkanes of at least 4 members (excludes halogenated alkanes) is 49. The van der Waals surface area contributed by atoms with Gasteiger partial charge in [-0.2, -0.15) is 0 Å². The molecule has 2 atom stereocenters. The van der Waals surface area contributed by atoms with Crippen molar-refractivity contribution in [3.05, 3.63) is 48.6 Å². The highest BCUT2D eigenvalue weighted by molar-refractivity contribution is 5.76. The number of nitrogens with one attached hydrogen (secondary N) is 1. The summed E-state index contributed by atoms with van der Waals surface area (Å²) in [7, 11) is 0. The third-order valence-corrected chi connectivity index (χ3v) is 16.3. The maximum atomic E-state index is 12.5. The third-order valence-electron chi connectivity index (χ3n) is 16.3. The van der Waals surface area contributed by atoms with Crippen LogP contribution in [0.1, 0.15) is 380 Å². The van der Waals surface area contributed by atoms with Crippen LogP contribution in [0.5, 0.6) is 0 Å². The molecule has 0 aliphatic carbocycles. The minimum absolute atomic E-state index is 0.00251. The minimum atomic E-state index is -0.843. The first kappa shape index (κ1) is 76.8. The first-order valence-electron chi connectivity index (χ1n) is 35.4. The molecule has 0 heterocycles. The predicted octanol–water partition coefficient (Wildman–Crippen LogP) is 22.9. The number of ether oxygens (including phenoxy) is 1. The molecule has 0 aliphatic rings. The van der Waals surface area contributed by atoms with E-state index in [1.54, 1.807) is 6.08 Å². The van der Waals surface area contributed by atoms with E-state index in [-0.39, 0.29) is 18.5 Å². The molecule has 3 N–H and O–H groups in total. The van der Waals surface area contributed by atoms with E-state index in [0.717, 1.165) is 51.4 Å². The Bertz CT molecular complexity index is 1320. The highest BCUT2D eigenvalue weighted by Gasteiger charge is 2.18. The van der Waals surface area contributed by atoms with Crippen LogP contribution in [-0.4, -0.2) is 47.4 Å². The van der Waals surface area contributed by atoms with Gasteiger partial charge in [0.1, 0.15) is 0 Å². The average Bonchev–Trinajstić information content (AvgIpc) is 3.45. The third kappa shape index (κ3) is 64.8. The lowest BCUT2D eigenvalue weighted by molar-refractivity contribution is -0.143. The van der Waals surface area contributed by atoms with Crippen molar-refractivity contribution in [2.24, 2.45) is 0 Å². The summed E-state index contributed by atoms with van der Waals surface area (Å²) in [5.41, 5.74) is 0. The van der Waals surface area contributed by atoms with Gasteiger partial charge in [-0.3, -0.25) is 9.59 Å². The molecule has 6 nitrogen and oxygen atoms in total. The van der Waals surface area contributed by atoms with Crippen LogP contribution in [0.3, 0.4) is 0 Å². The number of hydrogen-bond donors (Lipinski definition) is 3. The largest absolute Gasteiger partial charge is 0.466 e. The second-order valence-electron chi connectivity index (χ2n) is 24.2. The summed E-state index contributed by atoms with van der Waals surface area (Å²) in [6.07, 6.45) is 89.1. The predicted molar refractivity (Wildman–Crippen MR) is 347 cm³/mol. The number of carbonyl (C=O) groups is 2. The van der Waals surface area contributed by atoms with Crippen LogP contribution in [-0.2, 0) is 14.3 Å². The molecule has 0 spiro atoms. The van der Waals surface area contributed by atoms with Crippen molar-refractivity contribution >= 4 is 11.9 Å². The number of allylic oxidation sites excluding steroid dienone is 7. The smallest absolute Gasteiger partial charge is 0.305 e. The number of hydrogen-bond acceptors (Lipinski definition) is 5. The Labute approximate surface area is 493 Å². The number of aliphatic hydroxyl groups is 2. The van der Waals surface area contributed by atoms with E-state index in [1.807, 2.05) is 6.08 Å². The molecule has 0 aliphatic heterocycles. The van der Waals surface area contributed by atoms with Crippen molar-refractivity contribution in [1.29, 1.82) is 0 Å². The minimum Gasteiger partial charge on any atom is -0.466 e. The first-order valence-corrected chi connectivity index (χ1v) is 35.4. The van der Waals surface area contributed by atoms with Crippen LogP contribution in [0.25, 0.3) is 0 Å². The van der Waals surface area contributed by atoms with Crippen LogP contribution in [0.15, 0.2) is 48.6 Å². The zero-order valence-corrected chi connectivity index (χ0v) is 53.1. The van der Waals surface area contributed by atoms with Gasteiger partial charge in [-0.15, -0.1) is 0 Å². The van der Waals surface area contributed by atoms with Crippen LogP contribution >= 0.6 is 0 Å². The van der Waals surface area contributed by atoms with Crippen LogP contribution < -0.4 is 5.32 Å². The van der Waals surface area contributed by atoms with Gasteiger partial charge in [0.05, 0.1) is 25.4 Å². The van der Waals surface area contributed by atoms with Gasteiger partial charge in [0.15, 0.2) is 0 Å². The molecular weight excluding hydrogens is 971 g/mol. The molecule has 2 unspecified atom stereocenters. The molecule has 0 radical (unpaired) electrons. The topological polar surface area (TPSA) is 95.9 Å². The molecule has 0 rings (SSSR count). The molecule has 0 fully saturated rings. The lowest BCUT2D eigenvalue weighted by atomic mass is 10.0. The number of rotatable bonds is 66. The molecule has 0 aromatic carbocycles. The summed E-state index contributed by atoms with van der Waals surface area (Å²) in [6, 6.07) is -0.627. The molecule has 0 saturated carbocycles. The molecule has 0 saturated heterocycles.